The van der Waals surface area contributed by atoms with Crippen molar-refractivity contribution in [1.29, 1.82) is 0 Å². The number of benzene rings is 6. The van der Waals surface area contributed by atoms with Crippen molar-refractivity contribution in [2.45, 2.75) is 130 Å². The molecule has 422 valence electrons. The number of carbonyl (C=O) groups is 2. The van der Waals surface area contributed by atoms with Crippen LogP contribution in [0.15, 0.2) is 205 Å². The van der Waals surface area contributed by atoms with Crippen molar-refractivity contribution in [2.24, 2.45) is 11.8 Å². The fraction of sp³-hybridized carbons (Fsp3) is 0.324. The van der Waals surface area contributed by atoms with Crippen molar-refractivity contribution in [2.75, 3.05) is 22.9 Å². The highest BCUT2D eigenvalue weighted by molar-refractivity contribution is 7.17. The zero-order valence-corrected chi connectivity index (χ0v) is 50.4. The molecule has 0 fully saturated rings. The number of thiophene rings is 2. The zero-order valence-electron chi connectivity index (χ0n) is 48.8. The van der Waals surface area contributed by atoms with Crippen molar-refractivity contribution < 1.29 is 9.59 Å². The Kier molecular flexibility index (Phi) is 20.2. The van der Waals surface area contributed by atoms with Crippen molar-refractivity contribution in [3.8, 4) is 20.9 Å². The van der Waals surface area contributed by atoms with Crippen LogP contribution in [0.3, 0.4) is 0 Å². The van der Waals surface area contributed by atoms with Crippen molar-refractivity contribution in [3.05, 3.63) is 215 Å². The summed E-state index contributed by atoms with van der Waals surface area (Å²) in [5.41, 5.74) is 11.5. The second kappa shape index (κ2) is 28.6. The number of carbonyl (C=O) groups excluding carboxylic acids is 2. The van der Waals surface area contributed by atoms with Crippen molar-refractivity contribution in [3.63, 3.8) is 0 Å². The maximum absolute atomic E-state index is 16.0. The number of amides is 2. The van der Waals surface area contributed by atoms with Gasteiger partial charge in [-0.1, -0.05) is 202 Å². The highest BCUT2D eigenvalue weighted by Gasteiger charge is 2.50. The van der Waals surface area contributed by atoms with Crippen molar-refractivity contribution >= 4 is 80.0 Å². The average Bonchev–Trinajstić information content (AvgIpc) is 2.74. The second-order valence-corrected chi connectivity index (χ2v) is 24.6. The maximum Gasteiger partial charge on any atom is 0.261 e. The summed E-state index contributed by atoms with van der Waals surface area (Å²) in [6.45, 7) is 10.3. The van der Waals surface area contributed by atoms with Crippen LogP contribution in [0, 0.1) is 11.8 Å². The van der Waals surface area contributed by atoms with E-state index in [0.717, 1.165) is 140 Å². The van der Waals surface area contributed by atoms with Gasteiger partial charge in [-0.2, -0.15) is 0 Å². The number of anilines is 6. The molecule has 4 heterocycles. The molecule has 6 aromatic carbocycles. The lowest BCUT2D eigenvalue weighted by molar-refractivity contribution is -0.124. The van der Waals surface area contributed by atoms with E-state index in [4.69, 9.17) is 0 Å². The largest absolute Gasteiger partial charge is 0.311 e. The Balaban J connectivity index is 1.06. The summed E-state index contributed by atoms with van der Waals surface area (Å²) in [6, 6.07) is 68.5. The van der Waals surface area contributed by atoms with Gasteiger partial charge >= 0.3 is 0 Å². The zero-order chi connectivity index (χ0) is 56.6. The van der Waals surface area contributed by atoms with Crippen LogP contribution < -0.4 is 9.80 Å². The molecule has 2 amide bonds. The minimum Gasteiger partial charge on any atom is -0.311 e. The summed E-state index contributed by atoms with van der Waals surface area (Å²) < 4.78 is 0. The van der Waals surface area contributed by atoms with Crippen LogP contribution in [-0.4, -0.2) is 34.7 Å². The van der Waals surface area contributed by atoms with Crippen LogP contribution in [0.25, 0.3) is 32.3 Å². The molecule has 82 heavy (non-hydrogen) atoms. The van der Waals surface area contributed by atoms with Gasteiger partial charge in [0.25, 0.3) is 11.8 Å². The number of unbranched alkanes of at least 4 members (excludes halogenated alkanes) is 8. The van der Waals surface area contributed by atoms with Crippen LogP contribution in [0.2, 0.25) is 0 Å². The molecule has 8 aromatic rings. The third-order valence-corrected chi connectivity index (χ3v) is 18.8. The molecule has 2 atom stereocenters. The van der Waals surface area contributed by atoms with E-state index in [-0.39, 0.29) is 11.8 Å². The van der Waals surface area contributed by atoms with E-state index in [2.05, 4.69) is 241 Å². The van der Waals surface area contributed by atoms with Gasteiger partial charge in [-0.15, -0.1) is 22.7 Å². The van der Waals surface area contributed by atoms with Crippen LogP contribution in [0.5, 0.6) is 0 Å². The predicted octanol–water partition coefficient (Wildman–Crippen LogP) is 21.4. The highest BCUT2D eigenvalue weighted by atomic mass is 32.1. The molecule has 10 rings (SSSR count). The number of rotatable bonds is 30. The Bertz CT molecular complexity index is 3060. The van der Waals surface area contributed by atoms with Gasteiger partial charge in [0, 0.05) is 57.0 Å². The Morgan fingerprint density at radius 3 is 0.939 bits per heavy atom. The van der Waals surface area contributed by atoms with Crippen LogP contribution >= 0.6 is 22.7 Å². The number of hydrogen-bond donors (Lipinski definition) is 0. The van der Waals surface area contributed by atoms with Crippen LogP contribution in [-0.2, 0) is 9.59 Å². The molecule has 0 spiro atoms. The number of para-hydroxylation sites is 4. The van der Waals surface area contributed by atoms with Gasteiger partial charge < -0.3 is 19.6 Å². The SMILES string of the molecule is CCCCCCC(CCCC)CN1C(=O)C2=C(c3ccc(-c4ccc(N(c5ccccc5)c5ccccc5)cc4)s3)N(CC(CCCC)CCCCCC)C(=O)C2=C1c1ccc(-c2ccc(N(c3ccccc3)c3ccccc3)cc2)s1. The Labute approximate surface area is 497 Å². The molecule has 2 unspecified atom stereocenters. The quantitative estimate of drug-likeness (QED) is 0.0421. The summed E-state index contributed by atoms with van der Waals surface area (Å²) in [5, 5.41) is 0. The molecule has 0 saturated heterocycles. The molecule has 0 radical (unpaired) electrons. The van der Waals surface area contributed by atoms with Gasteiger partial charge in [-0.05, 0) is 146 Å². The molecule has 0 bridgehead atoms. The molecule has 0 N–H and O–H groups in total. The highest BCUT2D eigenvalue weighted by Crippen LogP contribution is 2.51. The standard InChI is InChI=1S/C74H82N4O2S2/c1-5-9-13-19-31-55(29-11-7-3)53-75-71(67-51-49-65(81-67)57-41-45-63(46-42-57)77(59-33-21-15-22-34-59)60-35-23-16-24-36-60)69-70(73(75)79)72(76(74(69)80)54-56(30-12-8-4)32-20-14-10-6-2)68-52-50-66(82-68)58-43-47-64(48-44-58)78(61-37-25-17-26-38-61)62-39-27-18-28-40-62/h15-18,21-28,33-52,55-56H,5-14,19-20,29-32,53-54H2,1-4H3. The minimum absolute atomic E-state index is 0.0265. The summed E-state index contributed by atoms with van der Waals surface area (Å²) in [4.78, 5) is 44.9. The van der Waals surface area contributed by atoms with Crippen LogP contribution in [0.1, 0.15) is 140 Å². The average molecular weight is 1120 g/mol. The minimum atomic E-state index is -0.0265. The van der Waals surface area contributed by atoms with Gasteiger partial charge in [-0.25, -0.2) is 0 Å². The fourth-order valence-corrected chi connectivity index (χ4v) is 14.3. The van der Waals surface area contributed by atoms with E-state index >= 15 is 9.59 Å². The summed E-state index contributed by atoms with van der Waals surface area (Å²) >= 11 is 3.39. The topological polar surface area (TPSA) is 47.1 Å². The third kappa shape index (κ3) is 13.5. The van der Waals surface area contributed by atoms with Gasteiger partial charge in [0.2, 0.25) is 0 Å². The number of fused-ring (bicyclic) bond motifs is 1. The first kappa shape index (κ1) is 58.0. The second-order valence-electron chi connectivity index (χ2n) is 22.4. The molecule has 2 aliphatic heterocycles. The van der Waals surface area contributed by atoms with E-state index < -0.39 is 0 Å². The summed E-state index contributed by atoms with van der Waals surface area (Å²) in [7, 11) is 0. The maximum atomic E-state index is 16.0. The molecular weight excluding hydrogens is 1040 g/mol. The van der Waals surface area contributed by atoms with Gasteiger partial charge in [0.1, 0.15) is 0 Å². The molecule has 2 aliphatic rings. The molecule has 0 saturated carbocycles. The Morgan fingerprint density at radius 2 is 0.622 bits per heavy atom. The van der Waals surface area contributed by atoms with E-state index in [1.165, 1.54) is 38.5 Å². The lowest BCUT2D eigenvalue weighted by Crippen LogP contribution is -2.34. The normalized spacial score (nSPS) is 14.0. The first-order chi connectivity index (χ1) is 40.4. The Morgan fingerprint density at radius 1 is 0.329 bits per heavy atom. The smallest absolute Gasteiger partial charge is 0.261 e. The van der Waals surface area contributed by atoms with Gasteiger partial charge in [0.05, 0.1) is 32.3 Å². The third-order valence-electron chi connectivity index (χ3n) is 16.5. The van der Waals surface area contributed by atoms with Crippen LogP contribution in [0.4, 0.5) is 34.1 Å². The lowest BCUT2D eigenvalue weighted by Gasteiger charge is -2.29. The number of nitrogens with zero attached hydrogens (tertiary/aromatic N) is 4. The van der Waals surface area contributed by atoms with E-state index in [9.17, 15) is 0 Å². The fourth-order valence-electron chi connectivity index (χ4n) is 12.1. The molecule has 6 nitrogen and oxygen atoms in total. The molecule has 0 aliphatic carbocycles. The first-order valence-electron chi connectivity index (χ1n) is 30.7. The predicted molar refractivity (Wildman–Crippen MR) is 350 cm³/mol. The van der Waals surface area contributed by atoms with E-state index in [1.54, 1.807) is 22.7 Å². The van der Waals surface area contributed by atoms with Crippen molar-refractivity contribution in [1.82, 2.24) is 9.80 Å². The summed E-state index contributed by atoms with van der Waals surface area (Å²) in [6.07, 6.45) is 18.2. The molecule has 8 heteroatoms. The van der Waals surface area contributed by atoms with E-state index in [0.29, 0.717) is 36.1 Å². The molecular formula is C74H82N4O2S2. The lowest BCUT2D eigenvalue weighted by atomic mass is 9.94. The monoisotopic (exact) mass is 1120 g/mol. The summed E-state index contributed by atoms with van der Waals surface area (Å²) in [5.74, 6) is 0.599. The van der Waals surface area contributed by atoms with E-state index in [1.807, 2.05) is 0 Å². The Hall–Kier alpha value is -7.26. The van der Waals surface area contributed by atoms with Gasteiger partial charge in [0.15, 0.2) is 0 Å². The number of hydrogen-bond acceptors (Lipinski definition) is 6. The molecule has 2 aromatic heterocycles. The first-order valence-corrected chi connectivity index (χ1v) is 32.4. The van der Waals surface area contributed by atoms with Gasteiger partial charge in [-0.3, -0.25) is 9.59 Å².